The van der Waals surface area contributed by atoms with E-state index in [2.05, 4.69) is 35.0 Å². The van der Waals surface area contributed by atoms with Crippen molar-refractivity contribution in [3.05, 3.63) is 159 Å². The molecule has 9 heterocycles. The third-order valence-electron chi connectivity index (χ3n) is 30.4. The topological polar surface area (TPSA) is 233 Å². The first-order valence-corrected chi connectivity index (χ1v) is 39.5. The number of aliphatic hydroxyl groups is 3. The highest BCUT2D eigenvalue weighted by molar-refractivity contribution is 5.98. The van der Waals surface area contributed by atoms with Crippen LogP contribution in [0.5, 0.6) is 34.5 Å². The number of likely N-dealkylation sites (tertiary alicyclic amines) is 3. The number of aromatic nitrogens is 3. The molecule has 6 N–H and O–H groups in total. The summed E-state index contributed by atoms with van der Waals surface area (Å²) in [7, 11) is 6.67. The lowest BCUT2D eigenvalue weighted by atomic mass is 9.46. The molecular formula is C86H103N6O12+3. The lowest BCUT2D eigenvalue weighted by Gasteiger charge is -2.65. The van der Waals surface area contributed by atoms with Crippen LogP contribution >= 0.6 is 0 Å². The normalized spacial score (nSPS) is 37.6. The van der Waals surface area contributed by atoms with E-state index in [0.29, 0.717) is 61.3 Å². The molecule has 546 valence electrons. The van der Waals surface area contributed by atoms with Gasteiger partial charge in [-0.25, -0.2) is 4.57 Å². The fourth-order valence-electron chi connectivity index (χ4n) is 25.2. The number of ether oxygens (including phenoxy) is 3. The van der Waals surface area contributed by atoms with Crippen LogP contribution in [0.15, 0.2) is 97.8 Å². The van der Waals surface area contributed by atoms with E-state index in [1.165, 1.54) is 55.2 Å². The van der Waals surface area contributed by atoms with Gasteiger partial charge in [0.05, 0.1) is 62.1 Å². The lowest BCUT2D eigenvalue weighted by molar-refractivity contribution is -0.950. The number of likely N-dealkylation sites (N-methyl/N-ethyl adjacent to an activating group) is 2. The van der Waals surface area contributed by atoms with E-state index in [-0.39, 0.29) is 88.8 Å². The van der Waals surface area contributed by atoms with Gasteiger partial charge in [0.1, 0.15) is 48.6 Å². The first kappa shape index (κ1) is 67.3. The average molecular weight is 1410 g/mol. The summed E-state index contributed by atoms with van der Waals surface area (Å²) in [6.07, 6.45) is 28.0. The molecule has 15 aliphatic rings. The highest BCUT2D eigenvalue weighted by Gasteiger charge is 2.79. The Morgan fingerprint density at radius 3 is 1.43 bits per heavy atom. The van der Waals surface area contributed by atoms with Gasteiger partial charge < -0.3 is 53.8 Å². The fourth-order valence-corrected chi connectivity index (χ4v) is 25.2. The van der Waals surface area contributed by atoms with Crippen LogP contribution in [-0.2, 0) is 42.6 Å². The molecule has 9 aliphatic carbocycles. The molecule has 21 rings (SSSR count). The molecule has 6 saturated carbocycles. The van der Waals surface area contributed by atoms with Crippen LogP contribution in [-0.4, -0.2) is 178 Å². The summed E-state index contributed by atoms with van der Waals surface area (Å²) in [5.74, 6) is 4.81. The summed E-state index contributed by atoms with van der Waals surface area (Å²) >= 11 is 0. The molecule has 6 bridgehead atoms. The van der Waals surface area contributed by atoms with Gasteiger partial charge in [0.15, 0.2) is 64.2 Å². The van der Waals surface area contributed by atoms with E-state index in [9.17, 15) is 45.0 Å². The summed E-state index contributed by atoms with van der Waals surface area (Å²) in [4.78, 5) is 50.8. The molecule has 0 radical (unpaired) electrons. The summed E-state index contributed by atoms with van der Waals surface area (Å²) in [6.45, 7) is 10.2. The van der Waals surface area contributed by atoms with Crippen molar-refractivity contribution < 1.29 is 72.8 Å². The molecule has 0 unspecified atom stereocenters. The van der Waals surface area contributed by atoms with Crippen LogP contribution in [0, 0.1) is 49.4 Å². The zero-order valence-corrected chi connectivity index (χ0v) is 61.1. The second kappa shape index (κ2) is 23.6. The number of pyridine rings is 3. The number of nitrogens with zero attached hydrogens (tertiary/aromatic N) is 6. The predicted octanol–water partition coefficient (Wildman–Crippen LogP) is 10.1. The molecule has 3 saturated heterocycles. The van der Waals surface area contributed by atoms with Crippen molar-refractivity contribution >= 4 is 17.3 Å². The van der Waals surface area contributed by atoms with E-state index >= 15 is 0 Å². The van der Waals surface area contributed by atoms with Crippen molar-refractivity contribution in [2.45, 2.75) is 218 Å². The second-order valence-corrected chi connectivity index (χ2v) is 36.1. The van der Waals surface area contributed by atoms with Crippen molar-refractivity contribution in [1.29, 1.82) is 0 Å². The standard InChI is InChI=1S/2C29H34N2O4.C28H32N2O4/c1-17-15-30-11-8-21(17)23(33)13-20-7-9-29(34)24-14-19-5-6-22(32)26-25(19)28(29,27(20)35-26)10-12-31(24,2)16-18-3-4-18;1-17-15-30(2)11-8-21(17)23(33)13-20-7-9-29(34)24-14-19-5-6-22(32)26-25(19)28(29,27(20)35-26)10-12-31(24)16-18-3-4-18;1-30(16-17-2-3-17)13-10-27-24-19-4-5-21(31)25(24)34-26(27)20(6-9-28(27,33)23(30)15-19)14-22(32)18-7-11-29-12-8-18/h2*5-6,8,11,15,18,20,24,27,34H,3-4,7,9-10,12-14,16H2,1-2H3;4-5,7-8,11-12,17,20,23,26,33H,2-3,6,9-10,13-16H2,1H3/p+3/t20-,24+,27-,28-,29+,31-;20-,24+,27-,28-,29+;20-,23+,26-,27-,28+,30-/m000/s1. The lowest BCUT2D eigenvalue weighted by Crippen LogP contribution is -2.80. The second-order valence-electron chi connectivity index (χ2n) is 36.1. The summed E-state index contributed by atoms with van der Waals surface area (Å²) in [6, 6.07) is 19.0. The minimum atomic E-state index is -0.896. The SMILES string of the molecule is C[N@@+]1(CC2CC2)CC[C@]23c4c5ccc(O)c4O[C@H]2[C@H](CC(=O)c2ccncc2)CC[C@@]3(O)[C@H]1C5.Cc1c[n+](C)ccc1C(=O)C[C@@H]1CC[C@@]2(O)[C@H]3Cc4ccc(O)c5c4[C@@]2(CCN3CC2CC2)[C@H]1O5.Cc1cnccc1C(=O)C[C@@H]1CC[C@@]2(O)[C@H]3Cc4ccc(O)c5c4[C@@]2(CC[N@@+]3(C)CC2CC2)[C@H]1O5. The van der Waals surface area contributed by atoms with E-state index in [0.717, 1.165) is 163 Å². The smallest absolute Gasteiger partial charge is 0.172 e. The molecule has 18 heteroatoms. The van der Waals surface area contributed by atoms with Gasteiger partial charge in [-0.1, -0.05) is 18.2 Å². The number of ketones is 3. The number of piperidine rings is 3. The third kappa shape index (κ3) is 9.63. The van der Waals surface area contributed by atoms with Crippen LogP contribution in [0.2, 0.25) is 0 Å². The van der Waals surface area contributed by atoms with Crippen molar-refractivity contribution in [3.63, 3.8) is 0 Å². The molecular weight excluding hydrogens is 1310 g/mol. The van der Waals surface area contributed by atoms with Gasteiger partial charge in [0.25, 0.3) is 0 Å². The Morgan fingerprint density at radius 2 is 0.962 bits per heavy atom. The molecule has 3 aromatic carbocycles. The van der Waals surface area contributed by atoms with E-state index < -0.39 is 33.0 Å². The van der Waals surface area contributed by atoms with Crippen LogP contribution in [0.3, 0.4) is 0 Å². The molecule has 104 heavy (non-hydrogen) atoms. The van der Waals surface area contributed by atoms with E-state index in [1.54, 1.807) is 61.2 Å². The number of aromatic hydroxyl groups is 3. The monoisotopic (exact) mass is 1410 g/mol. The first-order valence-electron chi connectivity index (χ1n) is 39.5. The Kier molecular flexibility index (Phi) is 15.3. The number of aryl methyl sites for hydroxylation is 3. The van der Waals surface area contributed by atoms with E-state index in [4.69, 9.17) is 14.2 Å². The number of hydrogen-bond donors (Lipinski definition) is 6. The molecule has 9 fully saturated rings. The van der Waals surface area contributed by atoms with Gasteiger partial charge in [0, 0.05) is 157 Å². The number of Topliss-reactive ketones (excluding diaryl/α,β-unsaturated/α-hetero) is 3. The maximum Gasteiger partial charge on any atom is 0.172 e. The molecule has 18 nitrogen and oxygen atoms in total. The number of benzene rings is 3. The number of phenols is 3. The molecule has 17 atom stereocenters. The zero-order valence-electron chi connectivity index (χ0n) is 61.1. The minimum Gasteiger partial charge on any atom is -0.504 e. The van der Waals surface area contributed by atoms with Gasteiger partial charge >= 0.3 is 0 Å². The summed E-state index contributed by atoms with van der Waals surface area (Å²) in [5, 5.41) is 70.3. The Morgan fingerprint density at radius 1 is 0.519 bits per heavy atom. The summed E-state index contributed by atoms with van der Waals surface area (Å²) in [5.41, 5.74) is 6.43. The number of carbonyl (C=O) groups is 3. The Hall–Kier alpha value is -7.32. The quantitative estimate of drug-likeness (QED) is 0.0319. The number of phenolic OH excluding ortho intramolecular Hbond substituents is 3. The number of rotatable bonds is 15. The Bertz CT molecular complexity index is 4560. The van der Waals surface area contributed by atoms with Crippen molar-refractivity contribution in [1.82, 2.24) is 14.9 Å². The Balaban J connectivity index is 0.000000107. The highest BCUT2D eigenvalue weighted by Crippen LogP contribution is 2.71. The molecule has 0 amide bonds. The number of hydrogen-bond acceptors (Lipinski definition) is 15. The third-order valence-corrected chi connectivity index (χ3v) is 30.4. The van der Waals surface area contributed by atoms with Crippen molar-refractivity contribution in [2.24, 2.45) is 42.6 Å². The van der Waals surface area contributed by atoms with E-state index in [1.807, 2.05) is 56.1 Å². The molecule has 6 aliphatic heterocycles. The maximum atomic E-state index is 13.5. The summed E-state index contributed by atoms with van der Waals surface area (Å²) < 4.78 is 23.7. The minimum absolute atomic E-state index is 0.000344. The van der Waals surface area contributed by atoms with Gasteiger partial charge in [-0.15, -0.1) is 0 Å². The zero-order chi connectivity index (χ0) is 71.6. The maximum absolute atomic E-state index is 13.5. The van der Waals surface area contributed by atoms with Gasteiger partial charge in [0.2, 0.25) is 0 Å². The highest BCUT2D eigenvalue weighted by atomic mass is 16.5. The van der Waals surface area contributed by atoms with Crippen molar-refractivity contribution in [3.8, 4) is 34.5 Å². The molecule has 6 aromatic rings. The largest absolute Gasteiger partial charge is 0.504 e. The molecule has 3 spiro atoms. The van der Waals surface area contributed by atoms with Crippen LogP contribution in [0.4, 0.5) is 0 Å². The van der Waals surface area contributed by atoms with Crippen molar-refractivity contribution in [2.75, 3.05) is 53.4 Å². The predicted molar refractivity (Wildman–Crippen MR) is 386 cm³/mol. The molecule has 3 aromatic heterocycles. The number of quaternary nitrogens is 2. The van der Waals surface area contributed by atoms with Gasteiger partial charge in [-0.2, -0.15) is 0 Å². The van der Waals surface area contributed by atoms with Crippen LogP contribution in [0.25, 0.3) is 0 Å². The van der Waals surface area contributed by atoms with Crippen LogP contribution in [0.1, 0.15) is 191 Å². The first-order chi connectivity index (χ1) is 49.9. The van der Waals surface area contributed by atoms with Gasteiger partial charge in [-0.05, 0) is 175 Å². The fraction of sp³-hybridized carbons (Fsp3) is 0.581. The van der Waals surface area contributed by atoms with Gasteiger partial charge in [-0.3, -0.25) is 29.3 Å². The Labute approximate surface area is 609 Å². The van der Waals surface area contributed by atoms with Crippen LogP contribution < -0.4 is 18.8 Å². The average Bonchev–Trinajstić information content (AvgIpc) is 1.61. The number of carbonyl (C=O) groups excluding carboxylic acids is 3.